The summed E-state index contributed by atoms with van der Waals surface area (Å²) in [5.74, 6) is -0.364. The molecule has 0 atom stereocenters. The molecule has 2 amide bonds. The summed E-state index contributed by atoms with van der Waals surface area (Å²) < 4.78 is 10.9. The average Bonchev–Trinajstić information content (AvgIpc) is 2.98. The lowest BCUT2D eigenvalue weighted by Crippen LogP contribution is -2.43. The van der Waals surface area contributed by atoms with Crippen LogP contribution in [0.4, 0.5) is 0 Å². The van der Waals surface area contributed by atoms with Crippen LogP contribution in [0, 0.1) is 13.8 Å². The van der Waals surface area contributed by atoms with Crippen LogP contribution >= 0.6 is 11.6 Å². The summed E-state index contributed by atoms with van der Waals surface area (Å²) in [4.78, 5) is 24.1. The Hall–Kier alpha value is -2.99. The summed E-state index contributed by atoms with van der Waals surface area (Å²) in [5, 5.41) is 1.47. The predicted octanol–water partition coefficient (Wildman–Crippen LogP) is 3.54. The topological polar surface area (TPSA) is 80.6 Å². The van der Waals surface area contributed by atoms with Crippen molar-refractivity contribution in [3.63, 3.8) is 0 Å². The molecule has 134 valence electrons. The average molecular weight is 373 g/mol. The number of carbonyl (C=O) groups excluding carboxylic acids is 2. The van der Waals surface area contributed by atoms with Crippen LogP contribution in [-0.2, 0) is 4.79 Å². The number of furan rings is 1. The molecular formula is C19H17ClN2O4. The molecule has 0 fully saturated rings. The van der Waals surface area contributed by atoms with Crippen LogP contribution in [-0.4, -0.2) is 18.4 Å². The van der Waals surface area contributed by atoms with Gasteiger partial charge in [0.2, 0.25) is 0 Å². The number of hydrazine groups is 1. The van der Waals surface area contributed by atoms with E-state index in [4.69, 9.17) is 20.8 Å². The third kappa shape index (κ3) is 3.81. The van der Waals surface area contributed by atoms with Crippen molar-refractivity contribution in [3.8, 4) is 5.75 Å². The molecule has 0 saturated heterocycles. The third-order valence-electron chi connectivity index (χ3n) is 3.86. The number of ether oxygens (including phenoxy) is 1. The fourth-order valence-corrected chi connectivity index (χ4v) is 2.58. The Balaban J connectivity index is 1.55. The van der Waals surface area contributed by atoms with Crippen LogP contribution in [0.1, 0.15) is 21.7 Å². The lowest BCUT2D eigenvalue weighted by atomic mass is 10.1. The monoisotopic (exact) mass is 372 g/mol. The lowest BCUT2D eigenvalue weighted by molar-refractivity contribution is -0.123. The van der Waals surface area contributed by atoms with E-state index >= 15 is 0 Å². The SMILES string of the molecule is Cc1cc(OCC(=O)NNC(=O)c2oc3ccccc3c2C)ccc1Cl. The number of nitrogens with one attached hydrogen (secondary N) is 2. The smallest absolute Gasteiger partial charge is 0.305 e. The van der Waals surface area contributed by atoms with Crippen molar-refractivity contribution in [2.24, 2.45) is 0 Å². The van der Waals surface area contributed by atoms with Gasteiger partial charge < -0.3 is 9.15 Å². The molecule has 0 spiro atoms. The molecule has 2 aromatic carbocycles. The van der Waals surface area contributed by atoms with E-state index < -0.39 is 11.8 Å². The van der Waals surface area contributed by atoms with Crippen molar-refractivity contribution < 1.29 is 18.7 Å². The Bertz CT molecular complexity index is 981. The van der Waals surface area contributed by atoms with Crippen LogP contribution in [0.2, 0.25) is 5.02 Å². The summed E-state index contributed by atoms with van der Waals surface area (Å²) >= 11 is 5.94. The molecule has 0 aliphatic heterocycles. The van der Waals surface area contributed by atoms with Gasteiger partial charge in [-0.2, -0.15) is 0 Å². The fourth-order valence-electron chi connectivity index (χ4n) is 2.47. The molecule has 3 aromatic rings. The number of fused-ring (bicyclic) bond motifs is 1. The highest BCUT2D eigenvalue weighted by atomic mass is 35.5. The van der Waals surface area contributed by atoms with Gasteiger partial charge in [-0.1, -0.05) is 29.8 Å². The van der Waals surface area contributed by atoms with E-state index in [1.54, 1.807) is 31.2 Å². The number of aryl methyl sites for hydroxylation is 2. The van der Waals surface area contributed by atoms with E-state index in [-0.39, 0.29) is 12.4 Å². The number of carbonyl (C=O) groups is 2. The van der Waals surface area contributed by atoms with Gasteiger partial charge in [-0.15, -0.1) is 0 Å². The molecule has 3 rings (SSSR count). The summed E-state index contributed by atoms with van der Waals surface area (Å²) in [7, 11) is 0. The number of hydrogen-bond acceptors (Lipinski definition) is 4. The van der Waals surface area contributed by atoms with Gasteiger partial charge in [0.1, 0.15) is 11.3 Å². The number of para-hydroxylation sites is 1. The largest absolute Gasteiger partial charge is 0.484 e. The van der Waals surface area contributed by atoms with E-state index in [0.717, 1.165) is 10.9 Å². The molecule has 0 unspecified atom stereocenters. The summed E-state index contributed by atoms with van der Waals surface area (Å²) in [6.07, 6.45) is 0. The first-order valence-electron chi connectivity index (χ1n) is 7.92. The van der Waals surface area contributed by atoms with Gasteiger partial charge in [0.05, 0.1) is 0 Å². The third-order valence-corrected chi connectivity index (χ3v) is 4.29. The predicted molar refractivity (Wildman–Crippen MR) is 98.2 cm³/mol. The summed E-state index contributed by atoms with van der Waals surface area (Å²) in [6.45, 7) is 3.38. The maximum Gasteiger partial charge on any atom is 0.305 e. The first kappa shape index (κ1) is 17.8. The highest BCUT2D eigenvalue weighted by molar-refractivity contribution is 6.31. The molecule has 0 bridgehead atoms. The number of hydrogen-bond donors (Lipinski definition) is 2. The fraction of sp³-hybridized carbons (Fsp3) is 0.158. The van der Waals surface area contributed by atoms with E-state index in [9.17, 15) is 9.59 Å². The Morgan fingerprint density at radius 3 is 2.62 bits per heavy atom. The maximum absolute atomic E-state index is 12.2. The standard InChI is InChI=1S/C19H17ClN2O4/c1-11-9-13(7-8-15(11)20)25-10-17(23)21-22-19(24)18-12(2)14-5-3-4-6-16(14)26-18/h3-9H,10H2,1-2H3,(H,21,23)(H,22,24). The zero-order valence-electron chi connectivity index (χ0n) is 14.3. The highest BCUT2D eigenvalue weighted by Crippen LogP contribution is 2.24. The van der Waals surface area contributed by atoms with Gasteiger partial charge >= 0.3 is 5.91 Å². The molecule has 0 radical (unpaired) electrons. The highest BCUT2D eigenvalue weighted by Gasteiger charge is 2.17. The second-order valence-corrected chi connectivity index (χ2v) is 6.16. The van der Waals surface area contributed by atoms with Gasteiger partial charge in [0.25, 0.3) is 5.91 Å². The Labute approximate surface area is 155 Å². The van der Waals surface area contributed by atoms with E-state index in [2.05, 4.69) is 10.9 Å². The second kappa shape index (κ2) is 7.49. The van der Waals surface area contributed by atoms with Crippen LogP contribution < -0.4 is 15.6 Å². The normalized spacial score (nSPS) is 10.6. The van der Waals surface area contributed by atoms with Crippen molar-refractivity contribution >= 4 is 34.4 Å². The van der Waals surface area contributed by atoms with Crippen LogP contribution in [0.15, 0.2) is 46.9 Å². The second-order valence-electron chi connectivity index (χ2n) is 5.75. The molecule has 0 aliphatic carbocycles. The van der Waals surface area contributed by atoms with Crippen molar-refractivity contribution in [2.45, 2.75) is 13.8 Å². The molecule has 0 saturated carbocycles. The van der Waals surface area contributed by atoms with Crippen LogP contribution in [0.25, 0.3) is 11.0 Å². The van der Waals surface area contributed by atoms with Gasteiger partial charge in [-0.25, -0.2) is 0 Å². The molecule has 1 heterocycles. The van der Waals surface area contributed by atoms with Crippen molar-refractivity contribution in [2.75, 3.05) is 6.61 Å². The van der Waals surface area contributed by atoms with Gasteiger partial charge in [-0.3, -0.25) is 20.4 Å². The molecule has 6 nitrogen and oxygen atoms in total. The van der Waals surface area contributed by atoms with E-state index in [1.807, 2.05) is 25.1 Å². The Kier molecular flexibility index (Phi) is 5.14. The summed E-state index contributed by atoms with van der Waals surface area (Å²) in [5.41, 5.74) is 6.79. The zero-order chi connectivity index (χ0) is 18.7. The number of halogens is 1. The lowest BCUT2D eigenvalue weighted by Gasteiger charge is -2.09. The zero-order valence-corrected chi connectivity index (χ0v) is 15.0. The van der Waals surface area contributed by atoms with Gasteiger partial charge in [0, 0.05) is 16.0 Å². The van der Waals surface area contributed by atoms with Crippen molar-refractivity contribution in [1.82, 2.24) is 10.9 Å². The molecule has 26 heavy (non-hydrogen) atoms. The minimum atomic E-state index is -0.533. The molecule has 7 heteroatoms. The Morgan fingerprint density at radius 1 is 1.12 bits per heavy atom. The quantitative estimate of drug-likeness (QED) is 0.686. The van der Waals surface area contributed by atoms with Gasteiger partial charge in [-0.05, 0) is 43.7 Å². The van der Waals surface area contributed by atoms with Crippen LogP contribution in [0.5, 0.6) is 5.75 Å². The first-order chi connectivity index (χ1) is 12.5. The number of benzene rings is 2. The van der Waals surface area contributed by atoms with Gasteiger partial charge in [0.15, 0.2) is 12.4 Å². The minimum absolute atomic E-state index is 0.153. The first-order valence-corrected chi connectivity index (χ1v) is 8.30. The van der Waals surface area contributed by atoms with Crippen molar-refractivity contribution in [3.05, 3.63) is 64.4 Å². The minimum Gasteiger partial charge on any atom is -0.484 e. The summed E-state index contributed by atoms with van der Waals surface area (Å²) in [6, 6.07) is 12.4. The van der Waals surface area contributed by atoms with E-state index in [1.165, 1.54) is 0 Å². The number of amides is 2. The molecule has 0 aliphatic rings. The van der Waals surface area contributed by atoms with Crippen LogP contribution in [0.3, 0.4) is 0 Å². The van der Waals surface area contributed by atoms with Crippen molar-refractivity contribution in [1.29, 1.82) is 0 Å². The Morgan fingerprint density at radius 2 is 1.88 bits per heavy atom. The molecule has 2 N–H and O–H groups in total. The maximum atomic E-state index is 12.2. The molecular weight excluding hydrogens is 356 g/mol. The van der Waals surface area contributed by atoms with E-state index in [0.29, 0.717) is 21.9 Å². The number of rotatable bonds is 4. The molecule has 1 aromatic heterocycles.